The Morgan fingerprint density at radius 1 is 1.03 bits per heavy atom. The van der Waals surface area contributed by atoms with Crippen LogP contribution in [0.25, 0.3) is 10.9 Å². The summed E-state index contributed by atoms with van der Waals surface area (Å²) in [4.78, 5) is 13.2. The van der Waals surface area contributed by atoms with E-state index in [0.717, 1.165) is 0 Å². The van der Waals surface area contributed by atoms with Crippen molar-refractivity contribution >= 4 is 39.6 Å². The van der Waals surface area contributed by atoms with E-state index < -0.39 is 11.1 Å². The Hall–Kier alpha value is -3.12. The van der Waals surface area contributed by atoms with Gasteiger partial charge in [-0.1, -0.05) is 0 Å². The van der Waals surface area contributed by atoms with E-state index in [1.165, 1.54) is 0 Å². The van der Waals surface area contributed by atoms with Crippen molar-refractivity contribution in [2.75, 3.05) is 62.5 Å². The molecule has 1 aliphatic rings. The fourth-order valence-corrected chi connectivity index (χ4v) is 4.05. The standard InChI is InChI=1S/C18H23N7O4S/c1-4-29-17-16(22-30(26)23-17)24-5-7-25(8-6-24)18-20-12-10-14(28-3)13(27-2)9-11(12)15(19)21-18/h9-10H,4-8H2,1-3H3,(H2,19,20,21). The summed E-state index contributed by atoms with van der Waals surface area (Å²) in [6.45, 7) is 4.84. The first kappa shape index (κ1) is 20.2. The molecule has 3 aromatic rings. The Labute approximate surface area is 176 Å². The van der Waals surface area contributed by atoms with Crippen LogP contribution in [0.4, 0.5) is 17.6 Å². The summed E-state index contributed by atoms with van der Waals surface area (Å²) in [5.41, 5.74) is 6.88. The molecule has 1 aromatic carbocycles. The quantitative estimate of drug-likeness (QED) is 0.566. The normalized spacial score (nSPS) is 14.9. The van der Waals surface area contributed by atoms with Crippen LogP contribution in [0.3, 0.4) is 0 Å². The van der Waals surface area contributed by atoms with E-state index in [4.69, 9.17) is 19.9 Å². The molecular weight excluding hydrogens is 410 g/mol. The molecule has 30 heavy (non-hydrogen) atoms. The van der Waals surface area contributed by atoms with Crippen LogP contribution in [0.1, 0.15) is 6.92 Å². The highest BCUT2D eigenvalue weighted by Gasteiger charge is 2.28. The van der Waals surface area contributed by atoms with E-state index in [0.29, 0.717) is 78.7 Å². The zero-order valence-corrected chi connectivity index (χ0v) is 17.8. The highest BCUT2D eigenvalue weighted by molar-refractivity contribution is 7.14. The summed E-state index contributed by atoms with van der Waals surface area (Å²) in [5, 5.41) is 0.704. The van der Waals surface area contributed by atoms with Crippen molar-refractivity contribution in [2.45, 2.75) is 6.92 Å². The second-order valence-corrected chi connectivity index (χ2v) is 7.41. The van der Waals surface area contributed by atoms with Crippen molar-refractivity contribution in [1.29, 1.82) is 0 Å². The van der Waals surface area contributed by atoms with Crippen LogP contribution in [0.2, 0.25) is 0 Å². The smallest absolute Gasteiger partial charge is 0.318 e. The molecule has 0 spiro atoms. The molecule has 3 heterocycles. The lowest BCUT2D eigenvalue weighted by atomic mass is 10.2. The highest BCUT2D eigenvalue weighted by atomic mass is 32.2. The van der Waals surface area contributed by atoms with Gasteiger partial charge < -0.3 is 34.3 Å². The topological polar surface area (TPSA) is 135 Å². The number of rotatable bonds is 6. The van der Waals surface area contributed by atoms with Gasteiger partial charge in [-0.05, 0) is 13.0 Å². The minimum atomic E-state index is -1.62. The molecule has 4 rings (SSSR count). The monoisotopic (exact) mass is 433 g/mol. The average molecular weight is 433 g/mol. The number of nitrogen functional groups attached to an aromatic ring is 1. The van der Waals surface area contributed by atoms with E-state index in [1.54, 1.807) is 26.4 Å². The molecule has 2 aromatic heterocycles. The number of fused-ring (bicyclic) bond motifs is 1. The zero-order chi connectivity index (χ0) is 21.3. The average Bonchev–Trinajstić information content (AvgIpc) is 3.13. The third-order valence-electron chi connectivity index (χ3n) is 4.88. The molecule has 1 aliphatic heterocycles. The van der Waals surface area contributed by atoms with Crippen molar-refractivity contribution < 1.29 is 18.8 Å². The summed E-state index contributed by atoms with van der Waals surface area (Å²) >= 11 is -1.62. The van der Waals surface area contributed by atoms with Gasteiger partial charge in [0.1, 0.15) is 5.82 Å². The molecule has 0 aliphatic carbocycles. The van der Waals surface area contributed by atoms with Gasteiger partial charge in [0.2, 0.25) is 5.95 Å². The first-order valence-electron chi connectivity index (χ1n) is 9.45. The molecule has 0 saturated carbocycles. The fourth-order valence-electron chi connectivity index (χ4n) is 3.39. The van der Waals surface area contributed by atoms with Gasteiger partial charge in [-0.3, -0.25) is 0 Å². The van der Waals surface area contributed by atoms with Gasteiger partial charge in [-0.2, -0.15) is 4.98 Å². The van der Waals surface area contributed by atoms with Gasteiger partial charge in [0, 0.05) is 46.4 Å². The number of anilines is 3. The molecular formula is C18H23N7O4S. The summed E-state index contributed by atoms with van der Waals surface area (Å²) in [6, 6.07) is 3.57. The maximum Gasteiger partial charge on any atom is 0.318 e. The number of aromatic nitrogens is 4. The highest BCUT2D eigenvalue weighted by Crippen LogP contribution is 2.34. The van der Waals surface area contributed by atoms with Crippen LogP contribution in [-0.2, 0) is 0 Å². The minimum absolute atomic E-state index is 0.330. The van der Waals surface area contributed by atoms with Crippen LogP contribution >= 0.6 is 11.1 Å². The molecule has 0 radical (unpaired) electrons. The maximum absolute atomic E-state index is 11.7. The predicted molar refractivity (Wildman–Crippen MR) is 113 cm³/mol. The Morgan fingerprint density at radius 3 is 2.37 bits per heavy atom. The van der Waals surface area contributed by atoms with Crippen molar-refractivity contribution in [3.05, 3.63) is 12.1 Å². The Bertz CT molecular complexity index is 1050. The van der Waals surface area contributed by atoms with Gasteiger partial charge in [-0.15, -0.1) is 0 Å². The lowest BCUT2D eigenvalue weighted by molar-refractivity contribution is 0.329. The van der Waals surface area contributed by atoms with Crippen LogP contribution in [0.5, 0.6) is 17.4 Å². The molecule has 11 nitrogen and oxygen atoms in total. The number of piperazine rings is 1. The lowest BCUT2D eigenvalue weighted by Gasteiger charge is -2.34. The predicted octanol–water partition coefficient (Wildman–Crippen LogP) is 1.47. The van der Waals surface area contributed by atoms with Crippen molar-refractivity contribution in [3.8, 4) is 17.4 Å². The number of nitrogens with two attached hydrogens (primary N) is 1. The number of methoxy groups -OCH3 is 2. The van der Waals surface area contributed by atoms with Gasteiger partial charge in [0.05, 0.1) is 26.3 Å². The number of benzene rings is 1. The molecule has 1 atom stereocenters. The third-order valence-corrected chi connectivity index (χ3v) is 5.53. The van der Waals surface area contributed by atoms with Crippen molar-refractivity contribution in [2.24, 2.45) is 0 Å². The minimum Gasteiger partial charge on any atom is -0.546 e. The lowest BCUT2D eigenvalue weighted by Crippen LogP contribution is -2.47. The maximum atomic E-state index is 11.7. The van der Waals surface area contributed by atoms with E-state index in [1.807, 2.05) is 16.7 Å². The molecule has 0 bridgehead atoms. The number of nitrogens with zero attached hydrogens (tertiary/aromatic N) is 6. The number of hydrogen-bond acceptors (Lipinski definition) is 11. The van der Waals surface area contributed by atoms with E-state index >= 15 is 0 Å². The van der Waals surface area contributed by atoms with E-state index in [2.05, 4.69) is 18.7 Å². The molecule has 1 fully saturated rings. The van der Waals surface area contributed by atoms with E-state index in [-0.39, 0.29) is 0 Å². The van der Waals surface area contributed by atoms with Crippen LogP contribution in [0.15, 0.2) is 12.1 Å². The molecule has 1 saturated heterocycles. The summed E-state index contributed by atoms with van der Waals surface area (Å²) < 4.78 is 35.9. The molecule has 2 N–H and O–H groups in total. The number of ether oxygens (including phenoxy) is 3. The van der Waals surface area contributed by atoms with Crippen molar-refractivity contribution in [1.82, 2.24) is 18.7 Å². The largest absolute Gasteiger partial charge is 0.546 e. The molecule has 160 valence electrons. The van der Waals surface area contributed by atoms with Crippen LogP contribution in [0, 0.1) is 0 Å². The Morgan fingerprint density at radius 2 is 1.70 bits per heavy atom. The third kappa shape index (κ3) is 3.71. The summed E-state index contributed by atoms with van der Waals surface area (Å²) in [6.07, 6.45) is 0. The molecule has 12 heteroatoms. The zero-order valence-electron chi connectivity index (χ0n) is 17.0. The van der Waals surface area contributed by atoms with Crippen molar-refractivity contribution in [3.63, 3.8) is 0 Å². The molecule has 0 amide bonds. The number of hydrogen-bond donors (Lipinski definition) is 1. The second kappa shape index (κ2) is 8.32. The Kier molecular flexibility index (Phi) is 5.59. The van der Waals surface area contributed by atoms with Crippen LogP contribution < -0.4 is 29.7 Å². The fraction of sp³-hybridized carbons (Fsp3) is 0.444. The van der Waals surface area contributed by atoms with Gasteiger partial charge in [0.25, 0.3) is 5.82 Å². The van der Waals surface area contributed by atoms with Crippen LogP contribution in [-0.4, -0.2) is 70.3 Å². The summed E-state index contributed by atoms with van der Waals surface area (Å²) in [5.74, 6) is 2.93. The van der Waals surface area contributed by atoms with E-state index in [9.17, 15) is 4.55 Å². The Balaban J connectivity index is 1.56. The van der Waals surface area contributed by atoms with Gasteiger partial charge >= 0.3 is 5.88 Å². The SMILES string of the molecule is CCOc1n[s+]([O-])nc1N1CCN(c2nc(N)c3cc(OC)c(OC)cc3n2)CC1. The summed E-state index contributed by atoms with van der Waals surface area (Å²) in [7, 11) is 3.15. The van der Waals surface area contributed by atoms with Gasteiger partial charge in [-0.25, -0.2) is 4.98 Å². The molecule has 1 unspecified atom stereocenters. The first-order valence-corrected chi connectivity index (χ1v) is 10.5. The first-order chi connectivity index (χ1) is 14.5. The second-order valence-electron chi connectivity index (χ2n) is 6.58. The van der Waals surface area contributed by atoms with Gasteiger partial charge in [0.15, 0.2) is 22.6 Å².